The highest BCUT2D eigenvalue weighted by molar-refractivity contribution is 6.31. The molecule has 0 bridgehead atoms. The zero-order valence-corrected chi connectivity index (χ0v) is 11.2. The van der Waals surface area contributed by atoms with Crippen molar-refractivity contribution in [3.8, 4) is 11.8 Å². The van der Waals surface area contributed by atoms with Crippen molar-refractivity contribution < 1.29 is 4.74 Å². The van der Waals surface area contributed by atoms with Gasteiger partial charge in [0, 0.05) is 12.7 Å². The molecule has 0 radical (unpaired) electrons. The summed E-state index contributed by atoms with van der Waals surface area (Å²) in [4.78, 5) is 9.86. The molecule has 0 unspecified atom stereocenters. The van der Waals surface area contributed by atoms with Gasteiger partial charge in [-0.2, -0.15) is 5.26 Å². The van der Waals surface area contributed by atoms with E-state index < -0.39 is 0 Å². The lowest BCUT2D eigenvalue weighted by Crippen LogP contribution is -2.13. The summed E-state index contributed by atoms with van der Waals surface area (Å²) in [6.07, 6.45) is 1.38. The summed E-state index contributed by atoms with van der Waals surface area (Å²) in [5.74, 6) is 0.975. The SMILES string of the molecule is COc1c(Cl)ncnc1N(C)c1ccc(C#N)cc1. The molecule has 0 saturated heterocycles. The van der Waals surface area contributed by atoms with E-state index in [1.807, 2.05) is 24.1 Å². The summed E-state index contributed by atoms with van der Waals surface area (Å²) in [5.41, 5.74) is 1.47. The predicted octanol–water partition coefficient (Wildman–Crippen LogP) is 2.78. The van der Waals surface area contributed by atoms with Crippen molar-refractivity contribution in [3.05, 3.63) is 41.3 Å². The largest absolute Gasteiger partial charge is 0.490 e. The molecule has 0 amide bonds. The van der Waals surface area contributed by atoms with Crippen LogP contribution in [0.15, 0.2) is 30.6 Å². The van der Waals surface area contributed by atoms with Crippen LogP contribution < -0.4 is 9.64 Å². The number of rotatable bonds is 3. The fourth-order valence-electron chi connectivity index (χ4n) is 1.64. The first-order valence-electron chi connectivity index (χ1n) is 5.45. The molecule has 2 aromatic rings. The van der Waals surface area contributed by atoms with Crippen LogP contribution in [0, 0.1) is 11.3 Å². The molecule has 0 N–H and O–H groups in total. The molecule has 0 aliphatic carbocycles. The predicted molar refractivity (Wildman–Crippen MR) is 72.8 cm³/mol. The van der Waals surface area contributed by atoms with E-state index in [1.54, 1.807) is 12.1 Å². The van der Waals surface area contributed by atoms with Gasteiger partial charge in [-0.1, -0.05) is 11.6 Å². The Labute approximate surface area is 116 Å². The second-order valence-corrected chi connectivity index (χ2v) is 4.10. The minimum absolute atomic E-state index is 0.257. The van der Waals surface area contributed by atoms with E-state index in [4.69, 9.17) is 21.6 Å². The van der Waals surface area contributed by atoms with Crippen LogP contribution in [0.5, 0.6) is 5.75 Å². The second kappa shape index (κ2) is 5.55. The Morgan fingerprint density at radius 3 is 2.53 bits per heavy atom. The fourth-order valence-corrected chi connectivity index (χ4v) is 1.85. The lowest BCUT2D eigenvalue weighted by molar-refractivity contribution is 0.412. The number of methoxy groups -OCH3 is 1. The lowest BCUT2D eigenvalue weighted by Gasteiger charge is -2.20. The third-order valence-electron chi connectivity index (χ3n) is 2.65. The average Bonchev–Trinajstić information content (AvgIpc) is 2.46. The molecule has 96 valence electrons. The maximum atomic E-state index is 8.78. The zero-order valence-electron chi connectivity index (χ0n) is 10.5. The van der Waals surface area contributed by atoms with Crippen molar-refractivity contribution >= 4 is 23.1 Å². The number of hydrogen-bond acceptors (Lipinski definition) is 5. The lowest BCUT2D eigenvalue weighted by atomic mass is 10.2. The number of nitriles is 1. The van der Waals surface area contributed by atoms with Crippen molar-refractivity contribution in [2.45, 2.75) is 0 Å². The molecule has 0 spiro atoms. The minimum Gasteiger partial charge on any atom is -0.490 e. The van der Waals surface area contributed by atoms with Gasteiger partial charge in [-0.05, 0) is 24.3 Å². The van der Waals surface area contributed by atoms with Gasteiger partial charge in [0.15, 0.2) is 16.7 Å². The van der Waals surface area contributed by atoms with Crippen LogP contribution in [-0.4, -0.2) is 24.1 Å². The van der Waals surface area contributed by atoms with E-state index in [9.17, 15) is 0 Å². The van der Waals surface area contributed by atoms with Gasteiger partial charge >= 0.3 is 0 Å². The van der Waals surface area contributed by atoms with Crippen LogP contribution >= 0.6 is 11.6 Å². The van der Waals surface area contributed by atoms with Gasteiger partial charge in [-0.15, -0.1) is 0 Å². The molecular weight excluding hydrogens is 264 g/mol. The number of ether oxygens (including phenoxy) is 1. The molecule has 0 aliphatic heterocycles. The van der Waals surface area contributed by atoms with E-state index in [-0.39, 0.29) is 5.15 Å². The molecule has 2 rings (SSSR count). The van der Waals surface area contributed by atoms with Gasteiger partial charge in [0.05, 0.1) is 18.7 Å². The van der Waals surface area contributed by atoms with E-state index in [2.05, 4.69) is 16.0 Å². The van der Waals surface area contributed by atoms with Gasteiger partial charge in [-0.25, -0.2) is 9.97 Å². The van der Waals surface area contributed by atoms with E-state index in [0.29, 0.717) is 17.1 Å². The standard InChI is InChI=1S/C13H11ClN4O/c1-18(10-5-3-9(7-15)4-6-10)13-11(19-2)12(14)16-8-17-13/h3-6,8H,1-2H3. The maximum absolute atomic E-state index is 8.78. The summed E-state index contributed by atoms with van der Waals surface area (Å²) in [5, 5.41) is 9.04. The molecule has 1 aromatic carbocycles. The molecule has 0 saturated carbocycles. The van der Waals surface area contributed by atoms with Gasteiger partial charge in [0.25, 0.3) is 0 Å². The van der Waals surface area contributed by atoms with Crippen LogP contribution in [0.4, 0.5) is 11.5 Å². The Morgan fingerprint density at radius 1 is 1.26 bits per heavy atom. The number of halogens is 1. The van der Waals surface area contributed by atoms with Gasteiger partial charge in [0.1, 0.15) is 6.33 Å². The van der Waals surface area contributed by atoms with Crippen LogP contribution in [-0.2, 0) is 0 Å². The van der Waals surface area contributed by atoms with Crippen molar-refractivity contribution in [3.63, 3.8) is 0 Å². The number of anilines is 2. The summed E-state index contributed by atoms with van der Waals surface area (Å²) in [6.45, 7) is 0. The second-order valence-electron chi connectivity index (χ2n) is 3.74. The Balaban J connectivity index is 2.41. The van der Waals surface area contributed by atoms with Gasteiger partial charge in [0.2, 0.25) is 0 Å². The van der Waals surface area contributed by atoms with Crippen LogP contribution in [0.2, 0.25) is 5.15 Å². The molecule has 1 aromatic heterocycles. The summed E-state index contributed by atoms with van der Waals surface area (Å²) in [6, 6.07) is 9.20. The Kier molecular flexibility index (Phi) is 3.83. The molecule has 0 fully saturated rings. The van der Waals surface area contributed by atoms with E-state index >= 15 is 0 Å². The number of hydrogen-bond donors (Lipinski definition) is 0. The number of nitrogens with zero attached hydrogens (tertiary/aromatic N) is 4. The average molecular weight is 275 g/mol. The third kappa shape index (κ3) is 2.59. The molecule has 0 atom stereocenters. The van der Waals surface area contributed by atoms with Gasteiger partial charge in [-0.3, -0.25) is 0 Å². The van der Waals surface area contributed by atoms with E-state index in [1.165, 1.54) is 13.4 Å². The van der Waals surface area contributed by atoms with Crippen LogP contribution in [0.1, 0.15) is 5.56 Å². The van der Waals surface area contributed by atoms with E-state index in [0.717, 1.165) is 5.69 Å². The first-order chi connectivity index (χ1) is 9.17. The first kappa shape index (κ1) is 13.1. The molecule has 19 heavy (non-hydrogen) atoms. The molecule has 0 aliphatic rings. The normalized spacial score (nSPS) is 9.79. The van der Waals surface area contributed by atoms with Crippen molar-refractivity contribution in [1.29, 1.82) is 5.26 Å². The molecule has 6 heteroatoms. The molecular formula is C13H11ClN4O. The summed E-state index contributed by atoms with van der Waals surface area (Å²) >= 11 is 5.96. The quantitative estimate of drug-likeness (QED) is 0.806. The maximum Gasteiger partial charge on any atom is 0.199 e. The van der Waals surface area contributed by atoms with Crippen molar-refractivity contribution in [1.82, 2.24) is 9.97 Å². The highest BCUT2D eigenvalue weighted by Gasteiger charge is 2.15. The third-order valence-corrected chi connectivity index (χ3v) is 2.92. The molecule has 1 heterocycles. The highest BCUT2D eigenvalue weighted by atomic mass is 35.5. The number of benzene rings is 1. The topological polar surface area (TPSA) is 62.0 Å². The Bertz CT molecular complexity index is 622. The zero-order chi connectivity index (χ0) is 13.8. The smallest absolute Gasteiger partial charge is 0.199 e. The van der Waals surface area contributed by atoms with Crippen LogP contribution in [0.3, 0.4) is 0 Å². The van der Waals surface area contributed by atoms with Crippen molar-refractivity contribution in [2.24, 2.45) is 0 Å². The summed E-state index contributed by atoms with van der Waals surface area (Å²) in [7, 11) is 3.35. The van der Waals surface area contributed by atoms with Crippen LogP contribution in [0.25, 0.3) is 0 Å². The number of aromatic nitrogens is 2. The monoisotopic (exact) mass is 274 g/mol. The van der Waals surface area contributed by atoms with Crippen molar-refractivity contribution in [2.75, 3.05) is 19.1 Å². The highest BCUT2D eigenvalue weighted by Crippen LogP contribution is 2.34. The Morgan fingerprint density at radius 2 is 1.95 bits per heavy atom. The first-order valence-corrected chi connectivity index (χ1v) is 5.83. The molecule has 5 nitrogen and oxygen atoms in total. The minimum atomic E-state index is 0.257. The van der Waals surface area contributed by atoms with Gasteiger partial charge < -0.3 is 9.64 Å². The fraction of sp³-hybridized carbons (Fsp3) is 0.154. The summed E-state index contributed by atoms with van der Waals surface area (Å²) < 4.78 is 5.21. The Hall–Kier alpha value is -2.32.